The van der Waals surface area contributed by atoms with Crippen molar-refractivity contribution in [3.63, 3.8) is 0 Å². The lowest BCUT2D eigenvalue weighted by Crippen LogP contribution is -2.40. The van der Waals surface area contributed by atoms with Gasteiger partial charge in [-0.15, -0.1) is 0 Å². The zero-order valence-electron chi connectivity index (χ0n) is 11.6. The Morgan fingerprint density at radius 2 is 2.12 bits per heavy atom. The molecule has 0 aliphatic carbocycles. The third-order valence-corrected chi connectivity index (χ3v) is 5.04. The molecule has 1 rings (SSSR count). The van der Waals surface area contributed by atoms with Crippen molar-refractivity contribution in [1.82, 2.24) is 5.32 Å². The fourth-order valence-corrected chi connectivity index (χ4v) is 3.30. The highest BCUT2D eigenvalue weighted by Crippen LogP contribution is 2.34. The van der Waals surface area contributed by atoms with Crippen LogP contribution in [-0.2, 0) is 4.74 Å². The number of methoxy groups -OCH3 is 1. The molecule has 4 heteroatoms. The van der Waals surface area contributed by atoms with Gasteiger partial charge in [0.1, 0.15) is 0 Å². The van der Waals surface area contributed by atoms with Gasteiger partial charge in [-0.05, 0) is 24.7 Å². The minimum atomic E-state index is 0.391. The molecule has 0 amide bonds. The first-order chi connectivity index (χ1) is 8.19. The van der Waals surface area contributed by atoms with Gasteiger partial charge in [0.2, 0.25) is 0 Å². The zero-order chi connectivity index (χ0) is 12.7. The Morgan fingerprint density at radius 3 is 2.53 bits per heavy atom. The Kier molecular flexibility index (Phi) is 6.34. The zero-order valence-corrected chi connectivity index (χ0v) is 12.4. The van der Waals surface area contributed by atoms with Crippen LogP contribution in [0, 0.1) is 5.41 Å². The molecule has 1 heterocycles. The second-order valence-electron chi connectivity index (χ2n) is 4.82. The van der Waals surface area contributed by atoms with E-state index in [2.05, 4.69) is 26.1 Å². The van der Waals surface area contributed by atoms with E-state index in [1.807, 2.05) is 11.8 Å². The summed E-state index contributed by atoms with van der Waals surface area (Å²) in [4.78, 5) is 4.71. The van der Waals surface area contributed by atoms with Gasteiger partial charge in [-0.2, -0.15) is 0 Å². The summed E-state index contributed by atoms with van der Waals surface area (Å²) in [5.41, 5.74) is 0.429. The highest BCUT2D eigenvalue weighted by Gasteiger charge is 2.30. The number of rotatable bonds is 6. The van der Waals surface area contributed by atoms with E-state index < -0.39 is 0 Å². The van der Waals surface area contributed by atoms with Gasteiger partial charge in [-0.3, -0.25) is 4.99 Å². The number of thioether (sulfide) groups is 1. The van der Waals surface area contributed by atoms with Crippen molar-refractivity contribution in [1.29, 1.82) is 0 Å². The molecule has 0 saturated carbocycles. The molecule has 0 aromatic heterocycles. The van der Waals surface area contributed by atoms with Crippen molar-refractivity contribution in [3.8, 4) is 0 Å². The van der Waals surface area contributed by atoms with Gasteiger partial charge in [-0.1, -0.05) is 32.5 Å². The van der Waals surface area contributed by atoms with Gasteiger partial charge < -0.3 is 10.1 Å². The third kappa shape index (κ3) is 4.18. The molecule has 0 bridgehead atoms. The summed E-state index contributed by atoms with van der Waals surface area (Å²) in [5.74, 6) is 1.19. The van der Waals surface area contributed by atoms with Gasteiger partial charge >= 0.3 is 0 Å². The van der Waals surface area contributed by atoms with Crippen molar-refractivity contribution < 1.29 is 4.74 Å². The first kappa shape index (κ1) is 14.8. The molecule has 1 N–H and O–H groups in total. The first-order valence-electron chi connectivity index (χ1n) is 6.62. The maximum absolute atomic E-state index is 5.19. The average molecular weight is 258 g/mol. The van der Waals surface area contributed by atoms with E-state index in [1.54, 1.807) is 7.11 Å². The van der Waals surface area contributed by atoms with Crippen LogP contribution < -0.4 is 5.32 Å². The summed E-state index contributed by atoms with van der Waals surface area (Å²) in [7, 11) is 1.75. The first-order valence-corrected chi connectivity index (χ1v) is 7.61. The molecule has 1 atom stereocenters. The van der Waals surface area contributed by atoms with Crippen molar-refractivity contribution in [3.05, 3.63) is 0 Å². The van der Waals surface area contributed by atoms with Crippen LogP contribution >= 0.6 is 11.8 Å². The second-order valence-corrected chi connectivity index (χ2v) is 5.79. The molecule has 0 aromatic carbocycles. The SMILES string of the molecule is CCC(COC)NC1=NCC(CC)(CC)CS1. The number of hydrogen-bond donors (Lipinski definition) is 1. The van der Waals surface area contributed by atoms with Gasteiger partial charge in [0, 0.05) is 19.4 Å². The van der Waals surface area contributed by atoms with E-state index >= 15 is 0 Å². The van der Waals surface area contributed by atoms with Crippen LogP contribution in [-0.4, -0.2) is 37.2 Å². The molecule has 0 aromatic rings. The van der Waals surface area contributed by atoms with E-state index in [0.717, 1.165) is 24.7 Å². The van der Waals surface area contributed by atoms with Gasteiger partial charge in [0.15, 0.2) is 5.17 Å². The van der Waals surface area contributed by atoms with Crippen molar-refractivity contribution in [2.75, 3.05) is 26.0 Å². The molecule has 1 aliphatic rings. The fraction of sp³-hybridized carbons (Fsp3) is 0.923. The topological polar surface area (TPSA) is 33.6 Å². The predicted molar refractivity (Wildman–Crippen MR) is 76.9 cm³/mol. The fourth-order valence-electron chi connectivity index (χ4n) is 1.95. The second kappa shape index (κ2) is 7.27. The summed E-state index contributed by atoms with van der Waals surface area (Å²) >= 11 is 1.87. The number of aliphatic imine (C=N–C) groups is 1. The van der Waals surface area contributed by atoms with Crippen molar-refractivity contribution >= 4 is 16.9 Å². The van der Waals surface area contributed by atoms with Crippen LogP contribution in [0.3, 0.4) is 0 Å². The Bertz CT molecular complexity index is 252. The molecule has 17 heavy (non-hydrogen) atoms. The van der Waals surface area contributed by atoms with Crippen LogP contribution in [0.1, 0.15) is 40.0 Å². The van der Waals surface area contributed by atoms with E-state index in [-0.39, 0.29) is 0 Å². The maximum atomic E-state index is 5.19. The smallest absolute Gasteiger partial charge is 0.156 e. The monoisotopic (exact) mass is 258 g/mol. The quantitative estimate of drug-likeness (QED) is 0.795. The van der Waals surface area contributed by atoms with E-state index in [0.29, 0.717) is 11.5 Å². The lowest BCUT2D eigenvalue weighted by Gasteiger charge is -2.34. The van der Waals surface area contributed by atoms with Gasteiger partial charge in [0.25, 0.3) is 0 Å². The number of nitrogens with one attached hydrogen (secondary N) is 1. The Balaban J connectivity index is 2.50. The average Bonchev–Trinajstić information content (AvgIpc) is 2.39. The van der Waals surface area contributed by atoms with Gasteiger partial charge in [0.05, 0.1) is 12.6 Å². The number of amidine groups is 1. The summed E-state index contributed by atoms with van der Waals surface area (Å²) in [6.07, 6.45) is 3.52. The van der Waals surface area contributed by atoms with Crippen LogP contribution in [0.5, 0.6) is 0 Å². The minimum Gasteiger partial charge on any atom is -0.383 e. The molecule has 3 nitrogen and oxygen atoms in total. The Hall–Kier alpha value is -0.220. The summed E-state index contributed by atoms with van der Waals surface area (Å²) in [6.45, 7) is 8.45. The van der Waals surface area contributed by atoms with E-state index in [4.69, 9.17) is 9.73 Å². The highest BCUT2D eigenvalue weighted by molar-refractivity contribution is 8.13. The largest absolute Gasteiger partial charge is 0.383 e. The third-order valence-electron chi connectivity index (χ3n) is 3.76. The molecular weight excluding hydrogens is 232 g/mol. The summed E-state index contributed by atoms with van der Waals surface area (Å²) in [5, 5.41) is 4.58. The molecule has 1 unspecified atom stereocenters. The van der Waals surface area contributed by atoms with Crippen LogP contribution in [0.2, 0.25) is 0 Å². The lowest BCUT2D eigenvalue weighted by molar-refractivity contribution is 0.172. The van der Waals surface area contributed by atoms with Crippen molar-refractivity contribution in [2.45, 2.75) is 46.1 Å². The lowest BCUT2D eigenvalue weighted by atomic mass is 9.84. The normalized spacial score (nSPS) is 20.8. The molecule has 100 valence electrons. The van der Waals surface area contributed by atoms with E-state index in [9.17, 15) is 0 Å². The summed E-state index contributed by atoms with van der Waals surface area (Å²) in [6, 6.07) is 0.391. The predicted octanol–water partition coefficient (Wildman–Crippen LogP) is 2.91. The highest BCUT2D eigenvalue weighted by atomic mass is 32.2. The standard InChI is InChI=1S/C13H26N2OS/c1-5-11(8-16-4)15-12-14-9-13(6-2,7-3)10-17-12/h11H,5-10H2,1-4H3,(H,14,15). The maximum Gasteiger partial charge on any atom is 0.156 e. The van der Waals surface area contributed by atoms with Crippen LogP contribution in [0.15, 0.2) is 4.99 Å². The number of hydrogen-bond acceptors (Lipinski definition) is 4. The minimum absolute atomic E-state index is 0.391. The van der Waals surface area contributed by atoms with E-state index in [1.165, 1.54) is 18.6 Å². The molecular formula is C13H26N2OS. The van der Waals surface area contributed by atoms with Gasteiger partial charge in [-0.25, -0.2) is 0 Å². The Labute approximate surface area is 110 Å². The van der Waals surface area contributed by atoms with Crippen molar-refractivity contribution in [2.24, 2.45) is 10.4 Å². The molecule has 0 fully saturated rings. The van der Waals surface area contributed by atoms with Crippen LogP contribution in [0.25, 0.3) is 0 Å². The number of ether oxygens (including phenoxy) is 1. The summed E-state index contributed by atoms with van der Waals surface area (Å²) < 4.78 is 5.19. The molecule has 0 spiro atoms. The Morgan fingerprint density at radius 1 is 1.41 bits per heavy atom. The number of nitrogens with zero attached hydrogens (tertiary/aromatic N) is 1. The molecule has 0 saturated heterocycles. The molecule has 1 aliphatic heterocycles. The van der Waals surface area contributed by atoms with Crippen LogP contribution in [0.4, 0.5) is 0 Å². The molecule has 0 radical (unpaired) electrons.